The van der Waals surface area contributed by atoms with E-state index in [-0.39, 0.29) is 11.3 Å². The van der Waals surface area contributed by atoms with Crippen molar-refractivity contribution in [3.05, 3.63) is 12.2 Å². The van der Waals surface area contributed by atoms with Gasteiger partial charge in [-0.25, -0.2) is 0 Å². The first kappa shape index (κ1) is 12.2. The molecule has 1 amide bonds. The molecule has 0 aliphatic heterocycles. The van der Waals surface area contributed by atoms with Gasteiger partial charge in [-0.3, -0.25) is 4.79 Å². The Morgan fingerprint density at radius 1 is 1.46 bits per heavy atom. The SMILES string of the molecule is C/C=C/CNC(=O)C1(C)CC1.CC. The first-order valence-corrected chi connectivity index (χ1v) is 5.08. The van der Waals surface area contributed by atoms with Gasteiger partial charge in [0.15, 0.2) is 0 Å². The van der Waals surface area contributed by atoms with Crippen LogP contribution in [0.2, 0.25) is 0 Å². The van der Waals surface area contributed by atoms with Crippen LogP contribution in [0.3, 0.4) is 0 Å². The lowest BCUT2D eigenvalue weighted by molar-refractivity contribution is -0.125. The third kappa shape index (κ3) is 4.11. The van der Waals surface area contributed by atoms with Gasteiger partial charge in [0.25, 0.3) is 0 Å². The Kier molecular flexibility index (Phi) is 5.44. The quantitative estimate of drug-likeness (QED) is 0.669. The van der Waals surface area contributed by atoms with E-state index in [1.165, 1.54) is 0 Å². The molecule has 0 atom stereocenters. The highest BCUT2D eigenvalue weighted by Gasteiger charge is 2.44. The topological polar surface area (TPSA) is 29.1 Å². The Labute approximate surface area is 81.4 Å². The molecule has 0 spiro atoms. The third-order valence-electron chi connectivity index (χ3n) is 2.16. The van der Waals surface area contributed by atoms with E-state index in [0.717, 1.165) is 12.8 Å². The number of hydrogen-bond donors (Lipinski definition) is 1. The van der Waals surface area contributed by atoms with E-state index in [2.05, 4.69) is 5.32 Å². The summed E-state index contributed by atoms with van der Waals surface area (Å²) in [5.41, 5.74) is -0.0262. The summed E-state index contributed by atoms with van der Waals surface area (Å²) in [7, 11) is 0. The maximum Gasteiger partial charge on any atom is 0.226 e. The lowest BCUT2D eigenvalue weighted by Crippen LogP contribution is -2.30. The van der Waals surface area contributed by atoms with Crippen LogP contribution in [0.4, 0.5) is 0 Å². The van der Waals surface area contributed by atoms with Gasteiger partial charge in [0, 0.05) is 12.0 Å². The van der Waals surface area contributed by atoms with Crippen molar-refractivity contribution in [2.45, 2.75) is 40.5 Å². The summed E-state index contributed by atoms with van der Waals surface area (Å²) in [4.78, 5) is 11.3. The first-order valence-electron chi connectivity index (χ1n) is 5.08. The highest BCUT2D eigenvalue weighted by molar-refractivity contribution is 5.84. The fourth-order valence-corrected chi connectivity index (χ4v) is 0.897. The van der Waals surface area contributed by atoms with Crippen molar-refractivity contribution in [2.75, 3.05) is 6.54 Å². The Hall–Kier alpha value is -0.790. The van der Waals surface area contributed by atoms with Crippen LogP contribution >= 0.6 is 0 Å². The smallest absolute Gasteiger partial charge is 0.226 e. The molecule has 76 valence electrons. The standard InChI is InChI=1S/C9H15NO.C2H6/c1-3-4-7-10-8(11)9(2)5-6-9;1-2/h3-4H,5-7H2,1-2H3,(H,10,11);1-2H3/b4-3+;. The van der Waals surface area contributed by atoms with Crippen LogP contribution in [0.25, 0.3) is 0 Å². The molecule has 1 aliphatic carbocycles. The van der Waals surface area contributed by atoms with Crippen molar-refractivity contribution in [2.24, 2.45) is 5.41 Å². The second-order valence-electron chi connectivity index (χ2n) is 3.34. The molecule has 2 nitrogen and oxygen atoms in total. The maximum atomic E-state index is 11.3. The number of rotatable bonds is 3. The van der Waals surface area contributed by atoms with Crippen LogP contribution < -0.4 is 5.32 Å². The van der Waals surface area contributed by atoms with Gasteiger partial charge >= 0.3 is 0 Å². The molecule has 1 aliphatic rings. The van der Waals surface area contributed by atoms with Crippen molar-refractivity contribution in [1.29, 1.82) is 0 Å². The number of carbonyl (C=O) groups excluding carboxylic acids is 1. The monoisotopic (exact) mass is 183 g/mol. The average Bonchev–Trinajstić information content (AvgIpc) is 2.89. The van der Waals surface area contributed by atoms with Gasteiger partial charge in [0.2, 0.25) is 5.91 Å². The minimum absolute atomic E-state index is 0.0262. The van der Waals surface area contributed by atoms with Gasteiger partial charge < -0.3 is 5.32 Å². The largest absolute Gasteiger partial charge is 0.352 e. The van der Waals surface area contributed by atoms with Gasteiger partial charge in [0.05, 0.1) is 0 Å². The molecule has 0 radical (unpaired) electrons. The number of carbonyl (C=O) groups is 1. The fraction of sp³-hybridized carbons (Fsp3) is 0.727. The summed E-state index contributed by atoms with van der Waals surface area (Å²) in [5, 5.41) is 2.86. The molecule has 0 aromatic rings. The van der Waals surface area contributed by atoms with E-state index in [1.54, 1.807) is 0 Å². The number of allylic oxidation sites excluding steroid dienone is 1. The van der Waals surface area contributed by atoms with Crippen LogP contribution in [0.15, 0.2) is 12.2 Å². The molecular weight excluding hydrogens is 162 g/mol. The van der Waals surface area contributed by atoms with Gasteiger partial charge in [-0.05, 0) is 19.8 Å². The zero-order valence-electron chi connectivity index (χ0n) is 9.18. The van der Waals surface area contributed by atoms with Gasteiger partial charge in [-0.15, -0.1) is 0 Å². The summed E-state index contributed by atoms with van der Waals surface area (Å²) in [6, 6.07) is 0. The molecule has 0 unspecified atom stereocenters. The summed E-state index contributed by atoms with van der Waals surface area (Å²) < 4.78 is 0. The summed E-state index contributed by atoms with van der Waals surface area (Å²) in [6.45, 7) is 8.63. The molecule has 0 saturated heterocycles. The van der Waals surface area contributed by atoms with Gasteiger partial charge in [0.1, 0.15) is 0 Å². The van der Waals surface area contributed by atoms with Crippen molar-refractivity contribution < 1.29 is 4.79 Å². The molecular formula is C11H21NO. The van der Waals surface area contributed by atoms with E-state index < -0.39 is 0 Å². The maximum absolute atomic E-state index is 11.3. The van der Waals surface area contributed by atoms with Crippen molar-refractivity contribution >= 4 is 5.91 Å². The van der Waals surface area contributed by atoms with Crippen LogP contribution in [-0.2, 0) is 4.79 Å². The Bertz CT molecular complexity index is 181. The molecule has 0 heterocycles. The molecule has 13 heavy (non-hydrogen) atoms. The predicted octanol–water partition coefficient (Wildman–Crippen LogP) is 2.51. The van der Waals surface area contributed by atoms with Crippen molar-refractivity contribution in [3.8, 4) is 0 Å². The van der Waals surface area contributed by atoms with Crippen LogP contribution in [0.5, 0.6) is 0 Å². The van der Waals surface area contributed by atoms with E-state index in [9.17, 15) is 4.79 Å². The summed E-state index contributed by atoms with van der Waals surface area (Å²) in [5.74, 6) is 0.204. The molecule has 1 fully saturated rings. The van der Waals surface area contributed by atoms with E-state index in [1.807, 2.05) is 39.8 Å². The minimum atomic E-state index is -0.0262. The van der Waals surface area contributed by atoms with E-state index >= 15 is 0 Å². The Morgan fingerprint density at radius 2 is 2.00 bits per heavy atom. The van der Waals surface area contributed by atoms with E-state index in [4.69, 9.17) is 0 Å². The predicted molar refractivity (Wildman–Crippen MR) is 56.5 cm³/mol. The molecule has 0 aromatic carbocycles. The molecule has 1 N–H and O–H groups in total. The summed E-state index contributed by atoms with van der Waals surface area (Å²) >= 11 is 0. The zero-order chi connectivity index (χ0) is 10.3. The van der Waals surface area contributed by atoms with Crippen molar-refractivity contribution in [3.63, 3.8) is 0 Å². The highest BCUT2D eigenvalue weighted by Crippen LogP contribution is 2.44. The van der Waals surface area contributed by atoms with Crippen LogP contribution in [0.1, 0.15) is 40.5 Å². The number of hydrogen-bond acceptors (Lipinski definition) is 1. The van der Waals surface area contributed by atoms with Crippen LogP contribution in [-0.4, -0.2) is 12.5 Å². The first-order chi connectivity index (χ1) is 6.19. The molecule has 1 saturated carbocycles. The lowest BCUT2D eigenvalue weighted by atomic mass is 10.1. The second-order valence-corrected chi connectivity index (χ2v) is 3.34. The fourth-order valence-electron chi connectivity index (χ4n) is 0.897. The average molecular weight is 183 g/mol. The molecule has 0 bridgehead atoms. The molecule has 1 rings (SSSR count). The Morgan fingerprint density at radius 3 is 2.38 bits per heavy atom. The number of nitrogens with one attached hydrogen (secondary N) is 1. The third-order valence-corrected chi connectivity index (χ3v) is 2.16. The van der Waals surface area contributed by atoms with Crippen molar-refractivity contribution in [1.82, 2.24) is 5.32 Å². The normalized spacial score (nSPS) is 17.5. The van der Waals surface area contributed by atoms with Gasteiger partial charge in [-0.2, -0.15) is 0 Å². The zero-order valence-corrected chi connectivity index (χ0v) is 9.18. The summed E-state index contributed by atoms with van der Waals surface area (Å²) in [6.07, 6.45) is 5.99. The van der Waals surface area contributed by atoms with Crippen LogP contribution in [0, 0.1) is 5.41 Å². The lowest BCUT2D eigenvalue weighted by Gasteiger charge is -2.06. The molecule has 0 aromatic heterocycles. The number of amides is 1. The Balaban J connectivity index is 0.000000671. The highest BCUT2D eigenvalue weighted by atomic mass is 16.2. The molecule has 2 heteroatoms. The second kappa shape index (κ2) is 5.79. The van der Waals surface area contributed by atoms with Gasteiger partial charge in [-0.1, -0.05) is 32.9 Å². The minimum Gasteiger partial charge on any atom is -0.352 e. The van der Waals surface area contributed by atoms with E-state index in [0.29, 0.717) is 6.54 Å².